The third-order valence-corrected chi connectivity index (χ3v) is 7.55. The average Bonchev–Trinajstić information content (AvgIpc) is 2.67. The van der Waals surface area contributed by atoms with Crippen molar-refractivity contribution in [3.63, 3.8) is 0 Å². The van der Waals surface area contributed by atoms with E-state index >= 15 is 0 Å². The van der Waals surface area contributed by atoms with Crippen molar-refractivity contribution in [2.75, 3.05) is 26.7 Å². The third-order valence-electron chi connectivity index (χ3n) is 5.52. The second-order valence-corrected chi connectivity index (χ2v) is 9.21. The smallest absolute Gasteiger partial charge is 0.253 e. The van der Waals surface area contributed by atoms with Crippen LogP contribution in [-0.4, -0.2) is 68.6 Å². The number of likely N-dealkylation sites (tertiary alicyclic amines) is 1. The predicted molar refractivity (Wildman–Crippen MR) is 99.9 cm³/mol. The number of hydrogen-bond acceptors (Lipinski definition) is 4. The third kappa shape index (κ3) is 4.17. The minimum Gasteiger partial charge on any atom is -0.378 e. The number of halogens is 1. The molecule has 2 saturated heterocycles. The monoisotopic (exact) mass is 398 g/mol. The van der Waals surface area contributed by atoms with Crippen molar-refractivity contribution in [3.05, 3.63) is 29.8 Å². The van der Waals surface area contributed by atoms with Crippen LogP contribution >= 0.6 is 0 Å². The van der Waals surface area contributed by atoms with Crippen molar-refractivity contribution < 1.29 is 22.3 Å². The van der Waals surface area contributed by atoms with E-state index in [2.05, 4.69) is 0 Å². The van der Waals surface area contributed by atoms with Gasteiger partial charge in [0.25, 0.3) is 5.91 Å². The minimum absolute atomic E-state index is 0.0112. The van der Waals surface area contributed by atoms with E-state index in [1.54, 1.807) is 0 Å². The number of hydrogen-bond donors (Lipinski definition) is 0. The van der Waals surface area contributed by atoms with Crippen molar-refractivity contribution >= 4 is 15.9 Å². The van der Waals surface area contributed by atoms with Gasteiger partial charge in [0.1, 0.15) is 6.17 Å². The molecule has 27 heavy (non-hydrogen) atoms. The zero-order chi connectivity index (χ0) is 19.6. The number of ether oxygens (including phenoxy) is 1. The molecule has 1 aromatic rings. The summed E-state index contributed by atoms with van der Waals surface area (Å²) >= 11 is 0. The van der Waals surface area contributed by atoms with Crippen molar-refractivity contribution in [2.24, 2.45) is 0 Å². The molecule has 2 fully saturated rings. The molecule has 0 bridgehead atoms. The summed E-state index contributed by atoms with van der Waals surface area (Å²) in [7, 11) is -2.10. The number of rotatable bonds is 4. The summed E-state index contributed by atoms with van der Waals surface area (Å²) in [6.45, 7) is 2.86. The van der Waals surface area contributed by atoms with Gasteiger partial charge in [-0.1, -0.05) is 6.42 Å². The molecule has 0 saturated carbocycles. The van der Waals surface area contributed by atoms with Crippen LogP contribution in [0.15, 0.2) is 29.2 Å². The summed E-state index contributed by atoms with van der Waals surface area (Å²) in [5.41, 5.74) is 0.365. The largest absolute Gasteiger partial charge is 0.378 e. The van der Waals surface area contributed by atoms with Gasteiger partial charge in [0, 0.05) is 31.8 Å². The van der Waals surface area contributed by atoms with Gasteiger partial charge in [-0.05, 0) is 50.5 Å². The molecule has 0 spiro atoms. The number of nitrogens with zero attached hydrogens (tertiary/aromatic N) is 2. The van der Waals surface area contributed by atoms with E-state index in [-0.39, 0.29) is 23.4 Å². The van der Waals surface area contributed by atoms with Gasteiger partial charge in [-0.15, -0.1) is 0 Å². The van der Waals surface area contributed by atoms with Crippen LogP contribution in [0, 0.1) is 0 Å². The number of alkyl halides is 1. The first-order chi connectivity index (χ1) is 12.8. The first kappa shape index (κ1) is 20.2. The number of methoxy groups -OCH3 is 1. The molecule has 2 aliphatic heterocycles. The molecule has 8 heteroatoms. The van der Waals surface area contributed by atoms with E-state index in [1.165, 1.54) is 40.6 Å². The van der Waals surface area contributed by atoms with Crippen LogP contribution in [0.2, 0.25) is 0 Å². The standard InChI is InChI=1S/C19H27FN2O4S/c1-14-5-3-4-11-22(14)27(24,25)16-8-6-15(7-9-16)19(23)21-12-10-18(26-2)17(20)13-21/h6-9,14,17-18H,3-5,10-13H2,1-2H3/t14?,17-,18+/m0/s1. The number of carbonyl (C=O) groups is 1. The topological polar surface area (TPSA) is 66.9 Å². The minimum atomic E-state index is -3.57. The van der Waals surface area contributed by atoms with E-state index in [4.69, 9.17) is 4.74 Å². The summed E-state index contributed by atoms with van der Waals surface area (Å²) in [6, 6.07) is 5.95. The van der Waals surface area contributed by atoms with Gasteiger partial charge in [0.15, 0.2) is 0 Å². The summed E-state index contributed by atoms with van der Waals surface area (Å²) in [6.07, 6.45) is 1.51. The average molecular weight is 399 g/mol. The van der Waals surface area contributed by atoms with E-state index in [9.17, 15) is 17.6 Å². The molecule has 6 nitrogen and oxygen atoms in total. The Morgan fingerprint density at radius 2 is 1.85 bits per heavy atom. The maximum atomic E-state index is 14.0. The predicted octanol–water partition coefficient (Wildman–Crippen LogP) is 2.45. The van der Waals surface area contributed by atoms with Crippen LogP contribution in [0.3, 0.4) is 0 Å². The van der Waals surface area contributed by atoms with Crippen molar-refractivity contribution in [1.29, 1.82) is 0 Å². The number of carbonyl (C=O) groups excluding carboxylic acids is 1. The van der Waals surface area contributed by atoms with E-state index in [0.29, 0.717) is 25.1 Å². The highest BCUT2D eigenvalue weighted by atomic mass is 32.2. The molecule has 3 atom stereocenters. The summed E-state index contributed by atoms with van der Waals surface area (Å²) in [5, 5.41) is 0. The fraction of sp³-hybridized carbons (Fsp3) is 0.632. The van der Waals surface area contributed by atoms with E-state index in [1.807, 2.05) is 6.92 Å². The van der Waals surface area contributed by atoms with Gasteiger partial charge < -0.3 is 9.64 Å². The van der Waals surface area contributed by atoms with Crippen LogP contribution in [0.25, 0.3) is 0 Å². The highest BCUT2D eigenvalue weighted by molar-refractivity contribution is 7.89. The Hall–Kier alpha value is -1.51. The first-order valence-corrected chi connectivity index (χ1v) is 10.9. The highest BCUT2D eigenvalue weighted by Gasteiger charge is 2.33. The zero-order valence-corrected chi connectivity index (χ0v) is 16.6. The molecule has 1 aromatic carbocycles. The lowest BCUT2D eigenvalue weighted by Crippen LogP contribution is -2.47. The van der Waals surface area contributed by atoms with E-state index in [0.717, 1.165) is 19.3 Å². The zero-order valence-electron chi connectivity index (χ0n) is 15.8. The van der Waals surface area contributed by atoms with Crippen molar-refractivity contribution in [1.82, 2.24) is 9.21 Å². The Bertz CT molecular complexity index is 768. The van der Waals surface area contributed by atoms with Crippen LogP contribution in [-0.2, 0) is 14.8 Å². The van der Waals surface area contributed by atoms with Crippen LogP contribution in [0.4, 0.5) is 4.39 Å². The van der Waals surface area contributed by atoms with Gasteiger partial charge in [0.2, 0.25) is 10.0 Å². The lowest BCUT2D eigenvalue weighted by atomic mass is 10.0. The lowest BCUT2D eigenvalue weighted by molar-refractivity contribution is -0.0174. The SMILES string of the molecule is CO[C@@H]1CCN(C(=O)c2ccc(S(=O)(=O)N3CCCCC3C)cc2)C[C@@H]1F. The Kier molecular flexibility index (Phi) is 6.18. The molecule has 1 unspecified atom stereocenters. The molecule has 0 N–H and O–H groups in total. The van der Waals surface area contributed by atoms with Crippen LogP contribution in [0.1, 0.15) is 43.0 Å². The highest BCUT2D eigenvalue weighted by Crippen LogP contribution is 2.26. The van der Waals surface area contributed by atoms with E-state index < -0.39 is 22.3 Å². The van der Waals surface area contributed by atoms with Gasteiger partial charge in [0.05, 0.1) is 17.5 Å². The number of benzene rings is 1. The number of sulfonamides is 1. The molecular weight excluding hydrogens is 371 g/mol. The van der Waals surface area contributed by atoms with Gasteiger partial charge >= 0.3 is 0 Å². The summed E-state index contributed by atoms with van der Waals surface area (Å²) in [4.78, 5) is 14.3. The van der Waals surface area contributed by atoms with Gasteiger partial charge in [-0.25, -0.2) is 12.8 Å². The fourth-order valence-electron chi connectivity index (χ4n) is 3.85. The second kappa shape index (κ2) is 8.24. The Balaban J connectivity index is 1.72. The van der Waals surface area contributed by atoms with Gasteiger partial charge in [-0.3, -0.25) is 4.79 Å². The lowest BCUT2D eigenvalue weighted by Gasteiger charge is -2.34. The molecule has 0 radical (unpaired) electrons. The maximum absolute atomic E-state index is 14.0. The molecule has 3 rings (SSSR count). The fourth-order valence-corrected chi connectivity index (χ4v) is 5.55. The summed E-state index contributed by atoms with van der Waals surface area (Å²) < 4.78 is 46.4. The quantitative estimate of drug-likeness (QED) is 0.781. The maximum Gasteiger partial charge on any atom is 0.253 e. The molecule has 1 amide bonds. The summed E-state index contributed by atoms with van der Waals surface area (Å²) in [5.74, 6) is -0.289. The molecule has 150 valence electrons. The van der Waals surface area contributed by atoms with Crippen LogP contribution in [0.5, 0.6) is 0 Å². The Morgan fingerprint density at radius 1 is 1.15 bits per heavy atom. The molecule has 2 heterocycles. The second-order valence-electron chi connectivity index (χ2n) is 7.31. The first-order valence-electron chi connectivity index (χ1n) is 9.42. The van der Waals surface area contributed by atoms with Crippen molar-refractivity contribution in [2.45, 2.75) is 55.8 Å². The normalized spacial score (nSPS) is 27.5. The Labute approximate surface area is 160 Å². The number of amides is 1. The Morgan fingerprint density at radius 3 is 2.44 bits per heavy atom. The van der Waals surface area contributed by atoms with Crippen LogP contribution < -0.4 is 0 Å². The molecule has 2 aliphatic rings. The molecule has 0 aromatic heterocycles. The molecule has 0 aliphatic carbocycles. The number of piperidine rings is 2. The molecular formula is C19H27FN2O4S. The van der Waals surface area contributed by atoms with Crippen molar-refractivity contribution in [3.8, 4) is 0 Å². The van der Waals surface area contributed by atoms with Gasteiger partial charge in [-0.2, -0.15) is 4.31 Å².